The highest BCUT2D eigenvalue weighted by molar-refractivity contribution is 5.78. The van der Waals surface area contributed by atoms with Gasteiger partial charge in [0.05, 0.1) is 6.42 Å². The summed E-state index contributed by atoms with van der Waals surface area (Å²) in [4.78, 5) is 14.7. The van der Waals surface area contributed by atoms with Gasteiger partial charge >= 0.3 is 0 Å². The van der Waals surface area contributed by atoms with Gasteiger partial charge in [-0.3, -0.25) is 4.79 Å². The number of carbonyl (C=O) groups is 1. The number of nitrogens with one attached hydrogen (secondary N) is 2. The van der Waals surface area contributed by atoms with Gasteiger partial charge in [0.2, 0.25) is 5.91 Å². The second kappa shape index (κ2) is 5.34. The second-order valence-electron chi connectivity index (χ2n) is 4.08. The normalized spacial score (nSPS) is 10.2. The SMILES string of the molecule is Cc1ccccc1CNC(=O)Cc1ccc[nH]1. The zero-order valence-electron chi connectivity index (χ0n) is 9.86. The number of hydrogen-bond acceptors (Lipinski definition) is 1. The van der Waals surface area contributed by atoms with Crippen molar-refractivity contribution in [3.05, 3.63) is 59.4 Å². The van der Waals surface area contributed by atoms with Crippen molar-refractivity contribution in [1.29, 1.82) is 0 Å². The highest BCUT2D eigenvalue weighted by Crippen LogP contribution is 2.06. The number of carbonyl (C=O) groups excluding carboxylic acids is 1. The van der Waals surface area contributed by atoms with Gasteiger partial charge in [-0.15, -0.1) is 0 Å². The van der Waals surface area contributed by atoms with E-state index in [1.165, 1.54) is 5.56 Å². The minimum atomic E-state index is 0.0377. The van der Waals surface area contributed by atoms with E-state index in [4.69, 9.17) is 0 Å². The van der Waals surface area contributed by atoms with Crippen molar-refractivity contribution in [1.82, 2.24) is 10.3 Å². The van der Waals surface area contributed by atoms with E-state index in [-0.39, 0.29) is 5.91 Å². The third kappa shape index (κ3) is 3.21. The van der Waals surface area contributed by atoms with E-state index in [1.54, 1.807) is 0 Å². The van der Waals surface area contributed by atoms with Crippen LogP contribution in [-0.4, -0.2) is 10.9 Å². The first-order valence-electron chi connectivity index (χ1n) is 5.69. The molecule has 0 bridgehead atoms. The minimum absolute atomic E-state index is 0.0377. The molecule has 1 heterocycles. The monoisotopic (exact) mass is 228 g/mol. The molecule has 1 aromatic heterocycles. The molecule has 2 N–H and O–H groups in total. The maximum absolute atomic E-state index is 11.7. The molecule has 0 saturated heterocycles. The van der Waals surface area contributed by atoms with Crippen molar-refractivity contribution in [2.45, 2.75) is 19.9 Å². The lowest BCUT2D eigenvalue weighted by atomic mass is 10.1. The van der Waals surface area contributed by atoms with Crippen LogP contribution in [0.2, 0.25) is 0 Å². The lowest BCUT2D eigenvalue weighted by molar-refractivity contribution is -0.120. The van der Waals surface area contributed by atoms with Crippen LogP contribution in [0.4, 0.5) is 0 Å². The van der Waals surface area contributed by atoms with Crippen LogP contribution in [0, 0.1) is 6.92 Å². The number of rotatable bonds is 4. The molecule has 0 aliphatic rings. The number of aryl methyl sites for hydroxylation is 1. The standard InChI is InChI=1S/C14H16N2O/c1-11-5-2-3-6-12(11)10-16-14(17)9-13-7-4-8-15-13/h2-8,15H,9-10H2,1H3,(H,16,17). The topological polar surface area (TPSA) is 44.9 Å². The van der Waals surface area contributed by atoms with E-state index in [9.17, 15) is 4.79 Å². The zero-order chi connectivity index (χ0) is 12.1. The van der Waals surface area contributed by atoms with E-state index in [2.05, 4.69) is 10.3 Å². The molecule has 0 aliphatic carbocycles. The fourth-order valence-corrected chi connectivity index (χ4v) is 1.72. The molecular formula is C14H16N2O. The third-order valence-corrected chi connectivity index (χ3v) is 2.75. The van der Waals surface area contributed by atoms with E-state index in [0.29, 0.717) is 13.0 Å². The van der Waals surface area contributed by atoms with Crippen molar-refractivity contribution < 1.29 is 4.79 Å². The van der Waals surface area contributed by atoms with E-state index >= 15 is 0 Å². The van der Waals surface area contributed by atoms with E-state index in [0.717, 1.165) is 11.3 Å². The summed E-state index contributed by atoms with van der Waals surface area (Å²) in [5.74, 6) is 0.0377. The molecule has 3 heteroatoms. The summed E-state index contributed by atoms with van der Waals surface area (Å²) in [7, 11) is 0. The van der Waals surface area contributed by atoms with Crippen LogP contribution in [0.25, 0.3) is 0 Å². The summed E-state index contributed by atoms with van der Waals surface area (Å²) in [6, 6.07) is 11.9. The maximum Gasteiger partial charge on any atom is 0.226 e. The summed E-state index contributed by atoms with van der Waals surface area (Å²) in [6.07, 6.45) is 2.23. The molecule has 0 atom stereocenters. The van der Waals surface area contributed by atoms with Crippen LogP contribution in [0.3, 0.4) is 0 Å². The first-order chi connectivity index (χ1) is 8.25. The van der Waals surface area contributed by atoms with Crippen LogP contribution in [0.15, 0.2) is 42.6 Å². The van der Waals surface area contributed by atoms with Crippen LogP contribution < -0.4 is 5.32 Å². The first-order valence-corrected chi connectivity index (χ1v) is 5.69. The van der Waals surface area contributed by atoms with Crippen molar-refractivity contribution in [2.75, 3.05) is 0 Å². The van der Waals surface area contributed by atoms with Gasteiger partial charge in [0.1, 0.15) is 0 Å². The number of H-pyrrole nitrogens is 1. The summed E-state index contributed by atoms with van der Waals surface area (Å²) < 4.78 is 0. The Bertz CT molecular complexity index is 489. The smallest absolute Gasteiger partial charge is 0.226 e. The van der Waals surface area contributed by atoms with Crippen LogP contribution >= 0.6 is 0 Å². The van der Waals surface area contributed by atoms with Gasteiger partial charge in [-0.2, -0.15) is 0 Å². The Kier molecular flexibility index (Phi) is 3.60. The molecule has 88 valence electrons. The average Bonchev–Trinajstić information content (AvgIpc) is 2.81. The summed E-state index contributed by atoms with van der Waals surface area (Å²) in [6.45, 7) is 2.64. The molecule has 1 amide bonds. The number of aromatic amines is 1. The molecule has 17 heavy (non-hydrogen) atoms. The van der Waals surface area contributed by atoms with Gasteiger partial charge in [-0.25, -0.2) is 0 Å². The van der Waals surface area contributed by atoms with Crippen LogP contribution in [0.1, 0.15) is 16.8 Å². The fraction of sp³-hybridized carbons (Fsp3) is 0.214. The van der Waals surface area contributed by atoms with Crippen molar-refractivity contribution in [2.24, 2.45) is 0 Å². The molecule has 0 aliphatic heterocycles. The Labute approximate surface area is 101 Å². The number of amides is 1. The predicted octanol–water partition coefficient (Wildman–Crippen LogP) is 2.18. The lowest BCUT2D eigenvalue weighted by Gasteiger charge is -2.07. The molecule has 0 fully saturated rings. The zero-order valence-corrected chi connectivity index (χ0v) is 9.86. The molecule has 0 unspecified atom stereocenters. The number of benzene rings is 1. The predicted molar refractivity (Wildman–Crippen MR) is 67.5 cm³/mol. The third-order valence-electron chi connectivity index (χ3n) is 2.75. The maximum atomic E-state index is 11.7. The molecule has 0 spiro atoms. The molecule has 0 saturated carbocycles. The Morgan fingerprint density at radius 3 is 2.76 bits per heavy atom. The minimum Gasteiger partial charge on any atom is -0.365 e. The van der Waals surface area contributed by atoms with Gasteiger partial charge in [0, 0.05) is 18.4 Å². The Balaban J connectivity index is 1.86. The van der Waals surface area contributed by atoms with Gasteiger partial charge in [-0.1, -0.05) is 24.3 Å². The Morgan fingerprint density at radius 2 is 2.06 bits per heavy atom. The number of aromatic nitrogens is 1. The Hall–Kier alpha value is -2.03. The second-order valence-corrected chi connectivity index (χ2v) is 4.08. The van der Waals surface area contributed by atoms with Gasteiger partial charge in [0.25, 0.3) is 0 Å². The van der Waals surface area contributed by atoms with Crippen LogP contribution in [-0.2, 0) is 17.8 Å². The molecule has 1 aromatic carbocycles. The number of hydrogen-bond donors (Lipinski definition) is 2. The molecule has 2 rings (SSSR count). The summed E-state index contributed by atoms with van der Waals surface area (Å²) in [5, 5.41) is 2.92. The summed E-state index contributed by atoms with van der Waals surface area (Å²) >= 11 is 0. The van der Waals surface area contributed by atoms with E-state index in [1.807, 2.05) is 49.5 Å². The highest BCUT2D eigenvalue weighted by Gasteiger charge is 2.04. The molecular weight excluding hydrogens is 212 g/mol. The van der Waals surface area contributed by atoms with Crippen molar-refractivity contribution in [3.63, 3.8) is 0 Å². The lowest BCUT2D eigenvalue weighted by Crippen LogP contribution is -2.24. The first kappa shape index (κ1) is 11.5. The average molecular weight is 228 g/mol. The highest BCUT2D eigenvalue weighted by atomic mass is 16.1. The summed E-state index contributed by atoms with van der Waals surface area (Å²) in [5.41, 5.74) is 3.30. The van der Waals surface area contributed by atoms with Crippen LogP contribution in [0.5, 0.6) is 0 Å². The van der Waals surface area contributed by atoms with Gasteiger partial charge in [0.15, 0.2) is 0 Å². The van der Waals surface area contributed by atoms with Crippen molar-refractivity contribution in [3.8, 4) is 0 Å². The Morgan fingerprint density at radius 1 is 1.24 bits per heavy atom. The largest absolute Gasteiger partial charge is 0.365 e. The van der Waals surface area contributed by atoms with Gasteiger partial charge < -0.3 is 10.3 Å². The molecule has 0 radical (unpaired) electrons. The molecule has 2 aromatic rings. The van der Waals surface area contributed by atoms with Crippen molar-refractivity contribution >= 4 is 5.91 Å². The van der Waals surface area contributed by atoms with Gasteiger partial charge in [-0.05, 0) is 30.2 Å². The van der Waals surface area contributed by atoms with E-state index < -0.39 is 0 Å². The quantitative estimate of drug-likeness (QED) is 0.827. The molecule has 3 nitrogen and oxygen atoms in total. The fourth-order valence-electron chi connectivity index (χ4n) is 1.72.